The van der Waals surface area contributed by atoms with Crippen molar-refractivity contribution >= 4 is 32.3 Å². The highest BCUT2D eigenvalue weighted by Crippen LogP contribution is 2.57. The van der Waals surface area contributed by atoms with Crippen LogP contribution in [-0.2, 0) is 41.6 Å². The zero-order valence-corrected chi connectivity index (χ0v) is 51.6. The maximum absolute atomic E-state index is 7.22. The van der Waals surface area contributed by atoms with E-state index < -0.39 is 5.41 Å². The van der Waals surface area contributed by atoms with Crippen molar-refractivity contribution in [2.45, 2.75) is 117 Å². The number of ether oxygens (including phenoxy) is 4. The Bertz CT molecular complexity index is 4270. The molecule has 5 aliphatic rings. The monoisotopic (exact) mass is 1120 g/mol. The van der Waals surface area contributed by atoms with Gasteiger partial charge in [0.1, 0.15) is 0 Å². The molecule has 10 aromatic rings. The van der Waals surface area contributed by atoms with Crippen molar-refractivity contribution in [1.82, 2.24) is 0 Å². The Morgan fingerprint density at radius 3 is 1.45 bits per heavy atom. The number of hydrogen-bond donors (Lipinski definition) is 0. The minimum Gasteiger partial charge on any atom is -0.381 e. The molecular formula is C81H82O4. The molecule has 2 saturated heterocycles. The van der Waals surface area contributed by atoms with Crippen LogP contribution < -0.4 is 0 Å². The molecule has 0 radical (unpaired) electrons. The minimum atomic E-state index is -0.422. The van der Waals surface area contributed by atoms with Gasteiger partial charge in [0, 0.05) is 33.7 Å². The van der Waals surface area contributed by atoms with E-state index in [2.05, 4.69) is 220 Å². The Balaban J connectivity index is 0.805. The first-order valence-corrected chi connectivity index (χ1v) is 32.1. The summed E-state index contributed by atoms with van der Waals surface area (Å²) in [6.45, 7) is 26.9. The van der Waals surface area contributed by atoms with Gasteiger partial charge in [-0.2, -0.15) is 0 Å². The highest BCUT2D eigenvalue weighted by Gasteiger charge is 2.47. The molecule has 0 aromatic heterocycles. The molecule has 2 aliphatic heterocycles. The Morgan fingerprint density at radius 2 is 0.894 bits per heavy atom. The molecule has 4 heteroatoms. The Morgan fingerprint density at radius 1 is 0.435 bits per heavy atom. The van der Waals surface area contributed by atoms with Crippen LogP contribution in [0.3, 0.4) is 0 Å². The fourth-order valence-corrected chi connectivity index (χ4v) is 16.2. The van der Waals surface area contributed by atoms with Gasteiger partial charge >= 0.3 is 0 Å². The summed E-state index contributed by atoms with van der Waals surface area (Å²) in [5.41, 5.74) is 26.2. The first kappa shape index (κ1) is 54.7. The summed E-state index contributed by atoms with van der Waals surface area (Å²) in [5.74, 6) is 0.614. The van der Waals surface area contributed by atoms with E-state index in [1.165, 1.54) is 144 Å². The van der Waals surface area contributed by atoms with Crippen LogP contribution in [-0.4, -0.2) is 52.9 Å². The summed E-state index contributed by atoms with van der Waals surface area (Å²) in [5, 5.41) is 8.07. The molecular weight excluding hydrogens is 1040 g/mol. The highest BCUT2D eigenvalue weighted by atomic mass is 16.5. The number of rotatable bonds is 18. The fraction of sp³-hybridized carbons (Fsp3) is 0.358. The topological polar surface area (TPSA) is 36.9 Å². The first-order valence-electron chi connectivity index (χ1n) is 32.1. The van der Waals surface area contributed by atoms with Crippen LogP contribution in [0.5, 0.6) is 0 Å². The standard InChI is InChI=1S/C81H82O4/c1-10-78(9)71-35-51(6)14-24-64(71)65-27-19-55(39-72(65)78)57-21-29-67-66-28-20-56(40-73(66)81(74(67)41-57,49-85-48-80(12-3)46-84-47-80)32-13-33-82-43-79(11-2)44-83-45-79)54-18-26-62-63-30-22-58(42-70(63)77(7,8)69(62)38-54)61-25-17-53-15-16-59-36-52(34-50(4)5)37-60-23-31-68(61)76(53)75(59)60/h14-31,35-42,50H,10-13,32-34,43-49H2,1-9H3. The molecule has 0 amide bonds. The van der Waals surface area contributed by atoms with E-state index in [-0.39, 0.29) is 21.7 Å². The average Bonchev–Trinajstić information content (AvgIpc) is 2.12. The summed E-state index contributed by atoms with van der Waals surface area (Å²) in [6, 6.07) is 62.6. The second kappa shape index (κ2) is 20.3. The van der Waals surface area contributed by atoms with Crippen LogP contribution in [0.2, 0.25) is 0 Å². The maximum Gasteiger partial charge on any atom is 0.0604 e. The molecule has 2 unspecified atom stereocenters. The predicted octanol–water partition coefficient (Wildman–Crippen LogP) is 20.0. The van der Waals surface area contributed by atoms with Crippen molar-refractivity contribution in [1.29, 1.82) is 0 Å². The summed E-state index contributed by atoms with van der Waals surface area (Å²) < 4.78 is 25.5. The molecule has 4 nitrogen and oxygen atoms in total. The van der Waals surface area contributed by atoms with Crippen molar-refractivity contribution in [3.05, 3.63) is 202 Å². The molecule has 0 N–H and O–H groups in total. The van der Waals surface area contributed by atoms with Gasteiger partial charge in [0.25, 0.3) is 0 Å². The summed E-state index contributed by atoms with van der Waals surface area (Å²) >= 11 is 0. The van der Waals surface area contributed by atoms with E-state index in [9.17, 15) is 0 Å². The Labute approximate surface area is 504 Å². The smallest absolute Gasteiger partial charge is 0.0604 e. The van der Waals surface area contributed by atoms with Crippen molar-refractivity contribution in [2.24, 2.45) is 16.7 Å². The van der Waals surface area contributed by atoms with Crippen molar-refractivity contribution < 1.29 is 18.9 Å². The van der Waals surface area contributed by atoms with E-state index >= 15 is 0 Å². The van der Waals surface area contributed by atoms with Gasteiger partial charge < -0.3 is 18.9 Å². The van der Waals surface area contributed by atoms with E-state index in [0.29, 0.717) is 25.7 Å². The van der Waals surface area contributed by atoms with E-state index in [4.69, 9.17) is 18.9 Å². The largest absolute Gasteiger partial charge is 0.381 e. The second-order valence-electron chi connectivity index (χ2n) is 28.0. The van der Waals surface area contributed by atoms with E-state index in [0.717, 1.165) is 71.6 Å². The highest BCUT2D eigenvalue weighted by molar-refractivity contribution is 6.25. The molecule has 15 rings (SSSR count). The predicted molar refractivity (Wildman–Crippen MR) is 354 cm³/mol. The average molecular weight is 1120 g/mol. The lowest BCUT2D eigenvalue weighted by Gasteiger charge is -2.42. The zero-order valence-electron chi connectivity index (χ0n) is 51.6. The third kappa shape index (κ3) is 8.58. The summed E-state index contributed by atoms with van der Waals surface area (Å²) in [7, 11) is 0. The van der Waals surface area contributed by atoms with Crippen LogP contribution >= 0.6 is 0 Å². The molecule has 430 valence electrons. The summed E-state index contributed by atoms with van der Waals surface area (Å²) in [6.07, 6.45) is 6.05. The number of hydrogen-bond acceptors (Lipinski definition) is 4. The van der Waals surface area contributed by atoms with E-state index in [1.807, 2.05) is 0 Å². The van der Waals surface area contributed by atoms with Crippen molar-refractivity contribution in [3.63, 3.8) is 0 Å². The van der Waals surface area contributed by atoms with Crippen molar-refractivity contribution in [3.8, 4) is 66.8 Å². The van der Waals surface area contributed by atoms with Crippen LogP contribution in [0.15, 0.2) is 158 Å². The van der Waals surface area contributed by atoms with Crippen LogP contribution in [0.25, 0.3) is 99.1 Å². The third-order valence-corrected chi connectivity index (χ3v) is 21.9. The Kier molecular flexibility index (Phi) is 13.1. The molecule has 0 spiro atoms. The van der Waals surface area contributed by atoms with Gasteiger partial charge in [0.15, 0.2) is 0 Å². The van der Waals surface area contributed by atoms with Gasteiger partial charge in [-0.15, -0.1) is 0 Å². The molecule has 0 bridgehead atoms. The number of aryl methyl sites for hydroxylation is 1. The van der Waals surface area contributed by atoms with Gasteiger partial charge in [-0.3, -0.25) is 0 Å². The normalized spacial score (nSPS) is 19.9. The van der Waals surface area contributed by atoms with E-state index in [1.54, 1.807) is 0 Å². The van der Waals surface area contributed by atoms with Gasteiger partial charge in [-0.05, 0) is 220 Å². The molecule has 2 heterocycles. The second-order valence-corrected chi connectivity index (χ2v) is 28.0. The Hall–Kier alpha value is -6.92. The molecule has 10 aromatic carbocycles. The number of fused-ring (bicyclic) bond motifs is 9. The van der Waals surface area contributed by atoms with Gasteiger partial charge in [0.2, 0.25) is 0 Å². The van der Waals surface area contributed by atoms with Gasteiger partial charge in [-0.25, -0.2) is 0 Å². The lowest BCUT2D eigenvalue weighted by Crippen LogP contribution is -2.46. The molecule has 2 atom stereocenters. The summed E-state index contributed by atoms with van der Waals surface area (Å²) in [4.78, 5) is 0. The first-order chi connectivity index (χ1) is 41.2. The number of benzene rings is 10. The lowest BCUT2D eigenvalue weighted by molar-refractivity contribution is -0.154. The molecule has 2 fully saturated rings. The maximum atomic E-state index is 7.22. The fourth-order valence-electron chi connectivity index (χ4n) is 16.2. The minimum absolute atomic E-state index is 0.0548. The molecule has 85 heavy (non-hydrogen) atoms. The van der Waals surface area contributed by atoms with Crippen LogP contribution in [0.4, 0.5) is 0 Å². The van der Waals surface area contributed by atoms with Crippen LogP contribution in [0.1, 0.15) is 132 Å². The van der Waals surface area contributed by atoms with Gasteiger partial charge in [-0.1, -0.05) is 188 Å². The molecule has 0 saturated carbocycles. The molecule has 3 aliphatic carbocycles. The van der Waals surface area contributed by atoms with Gasteiger partial charge in [0.05, 0.1) is 46.2 Å². The van der Waals surface area contributed by atoms with Crippen LogP contribution in [0, 0.1) is 23.7 Å². The lowest BCUT2D eigenvalue weighted by atomic mass is 9.73. The van der Waals surface area contributed by atoms with Crippen molar-refractivity contribution in [2.75, 3.05) is 52.9 Å². The zero-order chi connectivity index (χ0) is 58.2. The third-order valence-electron chi connectivity index (χ3n) is 21.9. The quantitative estimate of drug-likeness (QED) is 0.0634. The SMILES string of the molecule is CCC1(COCCCC2(COCC3(CC)COC3)c3cc(-c4ccc5c(c4)C(C)(C)c4cc(-c6ccc7ccc8cc(CC(C)C)cc9ccc6c7c89)ccc4-5)ccc3-c3ccc(-c4ccc5c(c4)C(C)(CC)c4cc(C)ccc4-5)cc32)COC1.